The number of benzene rings is 2. The van der Waals surface area contributed by atoms with Crippen molar-refractivity contribution in [2.24, 2.45) is 5.73 Å². The Bertz CT molecular complexity index is 1160. The molecule has 3 aromatic rings. The van der Waals surface area contributed by atoms with Crippen molar-refractivity contribution in [1.82, 2.24) is 10.2 Å². The van der Waals surface area contributed by atoms with E-state index in [0.29, 0.717) is 30.4 Å². The van der Waals surface area contributed by atoms with Crippen LogP contribution in [0.15, 0.2) is 60.0 Å². The third kappa shape index (κ3) is 4.00. The van der Waals surface area contributed by atoms with Crippen molar-refractivity contribution in [3.63, 3.8) is 0 Å². The topological polar surface area (TPSA) is 106 Å². The number of nitriles is 1. The molecule has 1 atom stereocenters. The maximum atomic E-state index is 9.95. The zero-order chi connectivity index (χ0) is 22.5. The number of nitrogens with one attached hydrogen (secondary N) is 1. The summed E-state index contributed by atoms with van der Waals surface area (Å²) in [6, 6.07) is 17.7. The van der Waals surface area contributed by atoms with Crippen LogP contribution >= 0.6 is 0 Å². The number of nitrogens with zero attached hydrogens (tertiary/aromatic N) is 2. The predicted molar refractivity (Wildman–Crippen MR) is 121 cm³/mol. The number of ether oxygens (including phenoxy) is 3. The summed E-state index contributed by atoms with van der Waals surface area (Å²) in [5.74, 6) is 1.46. The molecule has 164 valence electrons. The minimum atomic E-state index is -0.471. The van der Waals surface area contributed by atoms with E-state index < -0.39 is 5.92 Å². The molecule has 4 rings (SSSR count). The van der Waals surface area contributed by atoms with Crippen LogP contribution < -0.4 is 19.9 Å². The quantitative estimate of drug-likeness (QED) is 0.528. The fraction of sp³-hybridized carbons (Fsp3) is 0.280. The summed E-state index contributed by atoms with van der Waals surface area (Å²) in [6.07, 6.45) is 1.82. The molecule has 1 aromatic heterocycles. The first kappa shape index (κ1) is 21.3. The van der Waals surface area contributed by atoms with Gasteiger partial charge in [0.1, 0.15) is 23.1 Å². The second-order valence-corrected chi connectivity index (χ2v) is 7.50. The van der Waals surface area contributed by atoms with Gasteiger partial charge in [0.05, 0.1) is 30.4 Å². The molecular weight excluding hydrogens is 404 g/mol. The second-order valence-electron chi connectivity index (χ2n) is 7.50. The average Bonchev–Trinajstić information content (AvgIpc) is 3.24. The zero-order valence-corrected chi connectivity index (χ0v) is 18.2. The normalized spacial score (nSPS) is 15.0. The lowest BCUT2D eigenvalue weighted by atomic mass is 9.82. The highest BCUT2D eigenvalue weighted by Crippen LogP contribution is 2.47. The van der Waals surface area contributed by atoms with Crippen LogP contribution in [-0.4, -0.2) is 23.4 Å². The van der Waals surface area contributed by atoms with Crippen LogP contribution in [0.3, 0.4) is 0 Å². The molecular formula is C25H26N4O3. The molecule has 1 aliphatic rings. The monoisotopic (exact) mass is 430 g/mol. The lowest BCUT2D eigenvalue weighted by molar-refractivity contribution is 0.312. The largest absolute Gasteiger partial charge is 0.494 e. The molecule has 32 heavy (non-hydrogen) atoms. The Labute approximate surface area is 187 Å². The number of rotatable bonds is 8. The number of fused-ring (bicyclic) bond motifs is 1. The van der Waals surface area contributed by atoms with Crippen LogP contribution in [-0.2, 0) is 0 Å². The fourth-order valence-electron chi connectivity index (χ4n) is 3.78. The summed E-state index contributed by atoms with van der Waals surface area (Å²) in [5, 5.41) is 17.4. The Morgan fingerprint density at radius 3 is 2.50 bits per heavy atom. The Hall–Kier alpha value is -3.92. The smallest absolute Gasteiger partial charge is 0.244 e. The molecule has 7 nitrogen and oxygen atoms in total. The van der Waals surface area contributed by atoms with Gasteiger partial charge >= 0.3 is 0 Å². The van der Waals surface area contributed by atoms with E-state index in [1.807, 2.05) is 48.5 Å². The molecule has 0 saturated carbocycles. The fourth-order valence-corrected chi connectivity index (χ4v) is 3.78. The van der Waals surface area contributed by atoms with Gasteiger partial charge in [0.25, 0.3) is 0 Å². The summed E-state index contributed by atoms with van der Waals surface area (Å²) in [6.45, 7) is 5.36. The van der Waals surface area contributed by atoms with Crippen LogP contribution in [0.1, 0.15) is 43.7 Å². The van der Waals surface area contributed by atoms with Gasteiger partial charge in [-0.25, -0.2) is 0 Å². The SMILES string of the molecule is CCCOc1ccc(-c2[nH]nc3c2[C@H](c2ccccc2OCCC)C(C#N)=C(N)O3)cc1. The number of aromatic nitrogens is 2. The Morgan fingerprint density at radius 1 is 1.06 bits per heavy atom. The standard InChI is InChI=1S/C25H26N4O3/c1-3-13-30-17-11-9-16(10-12-17)23-22-21(18-7-5-6-8-20(18)31-14-4-2)19(15-26)24(27)32-25(22)29-28-23/h5-12,21H,3-4,13-14,27H2,1-2H3,(H,28,29)/t21-/m1/s1. The van der Waals surface area contributed by atoms with Crippen LogP contribution in [0, 0.1) is 11.3 Å². The number of H-pyrrole nitrogens is 1. The van der Waals surface area contributed by atoms with Crippen molar-refractivity contribution in [2.45, 2.75) is 32.6 Å². The van der Waals surface area contributed by atoms with Gasteiger partial charge in [0.15, 0.2) is 0 Å². The molecule has 0 spiro atoms. The molecule has 7 heteroatoms. The highest BCUT2D eigenvalue weighted by molar-refractivity contribution is 5.72. The van der Waals surface area contributed by atoms with Crippen LogP contribution in [0.25, 0.3) is 11.3 Å². The number of nitrogens with two attached hydrogens (primary N) is 1. The molecule has 0 radical (unpaired) electrons. The predicted octanol–water partition coefficient (Wildman–Crippen LogP) is 4.87. The number of para-hydroxylation sites is 1. The number of hydrogen-bond donors (Lipinski definition) is 2. The van der Waals surface area contributed by atoms with Crippen molar-refractivity contribution < 1.29 is 14.2 Å². The summed E-state index contributed by atoms with van der Waals surface area (Å²) >= 11 is 0. The van der Waals surface area contributed by atoms with Crippen molar-refractivity contribution >= 4 is 0 Å². The first-order chi connectivity index (χ1) is 15.7. The van der Waals surface area contributed by atoms with E-state index in [2.05, 4.69) is 30.1 Å². The van der Waals surface area contributed by atoms with E-state index in [1.54, 1.807) is 0 Å². The molecule has 3 N–H and O–H groups in total. The Morgan fingerprint density at radius 2 is 1.78 bits per heavy atom. The summed E-state index contributed by atoms with van der Waals surface area (Å²) in [4.78, 5) is 0. The van der Waals surface area contributed by atoms with Gasteiger partial charge in [-0.2, -0.15) is 5.26 Å². The van der Waals surface area contributed by atoms with Crippen molar-refractivity contribution in [3.8, 4) is 34.7 Å². The summed E-state index contributed by atoms with van der Waals surface area (Å²) in [5.41, 5.74) is 9.71. The number of aromatic amines is 1. The van der Waals surface area contributed by atoms with E-state index in [0.717, 1.165) is 41.0 Å². The van der Waals surface area contributed by atoms with Gasteiger partial charge in [-0.05, 0) is 43.2 Å². The Kier molecular flexibility index (Phi) is 6.31. The molecule has 0 aliphatic carbocycles. The van der Waals surface area contributed by atoms with Gasteiger partial charge in [-0.15, -0.1) is 5.10 Å². The van der Waals surface area contributed by atoms with Crippen LogP contribution in [0.5, 0.6) is 17.4 Å². The lowest BCUT2D eigenvalue weighted by Crippen LogP contribution is -2.21. The van der Waals surface area contributed by atoms with E-state index in [9.17, 15) is 5.26 Å². The van der Waals surface area contributed by atoms with Gasteiger partial charge < -0.3 is 19.9 Å². The van der Waals surface area contributed by atoms with Crippen molar-refractivity contribution in [3.05, 3.63) is 71.1 Å². The molecule has 0 bridgehead atoms. The van der Waals surface area contributed by atoms with Crippen molar-refractivity contribution in [1.29, 1.82) is 5.26 Å². The van der Waals surface area contributed by atoms with E-state index in [-0.39, 0.29) is 5.88 Å². The van der Waals surface area contributed by atoms with Gasteiger partial charge in [0, 0.05) is 11.1 Å². The molecule has 2 aromatic carbocycles. The van der Waals surface area contributed by atoms with E-state index >= 15 is 0 Å². The summed E-state index contributed by atoms with van der Waals surface area (Å²) < 4.78 is 17.4. The molecule has 0 unspecified atom stereocenters. The van der Waals surface area contributed by atoms with Crippen molar-refractivity contribution in [2.75, 3.05) is 13.2 Å². The molecule has 0 saturated heterocycles. The Balaban J connectivity index is 1.82. The first-order valence-corrected chi connectivity index (χ1v) is 10.8. The molecule has 0 amide bonds. The number of hydrogen-bond acceptors (Lipinski definition) is 6. The third-order valence-corrected chi connectivity index (χ3v) is 5.25. The summed E-state index contributed by atoms with van der Waals surface area (Å²) in [7, 11) is 0. The van der Waals surface area contributed by atoms with Crippen LogP contribution in [0.4, 0.5) is 0 Å². The second kappa shape index (κ2) is 9.48. The van der Waals surface area contributed by atoms with Gasteiger partial charge in [-0.1, -0.05) is 32.0 Å². The molecule has 1 aliphatic heterocycles. The zero-order valence-electron chi connectivity index (χ0n) is 18.2. The lowest BCUT2D eigenvalue weighted by Gasteiger charge is -2.25. The maximum absolute atomic E-state index is 9.95. The average molecular weight is 431 g/mol. The van der Waals surface area contributed by atoms with E-state index in [1.165, 1.54) is 0 Å². The van der Waals surface area contributed by atoms with E-state index in [4.69, 9.17) is 19.9 Å². The minimum absolute atomic E-state index is 0.0525. The minimum Gasteiger partial charge on any atom is -0.494 e. The van der Waals surface area contributed by atoms with Gasteiger partial charge in [0.2, 0.25) is 11.8 Å². The molecule has 0 fully saturated rings. The highest BCUT2D eigenvalue weighted by Gasteiger charge is 2.37. The highest BCUT2D eigenvalue weighted by atomic mass is 16.5. The van der Waals surface area contributed by atoms with Gasteiger partial charge in [-0.3, -0.25) is 5.10 Å². The third-order valence-electron chi connectivity index (χ3n) is 5.25. The molecule has 2 heterocycles. The maximum Gasteiger partial charge on any atom is 0.244 e. The number of allylic oxidation sites excluding steroid dienone is 1. The first-order valence-electron chi connectivity index (χ1n) is 10.8. The van der Waals surface area contributed by atoms with Crippen LogP contribution in [0.2, 0.25) is 0 Å².